The molecular formula is C14H20F2N2. The summed E-state index contributed by atoms with van der Waals surface area (Å²) in [6, 6.07) is 4.47. The van der Waals surface area contributed by atoms with Crippen molar-refractivity contribution in [2.75, 3.05) is 13.1 Å². The molecule has 100 valence electrons. The number of nitrogens with zero attached hydrogens (tertiary/aromatic N) is 1. The van der Waals surface area contributed by atoms with Gasteiger partial charge < -0.3 is 10.6 Å². The third-order valence-corrected chi connectivity index (χ3v) is 3.66. The van der Waals surface area contributed by atoms with Crippen LogP contribution in [0.4, 0.5) is 8.78 Å². The highest BCUT2D eigenvalue weighted by molar-refractivity contribution is 5.18. The highest BCUT2D eigenvalue weighted by atomic mass is 19.1. The van der Waals surface area contributed by atoms with Gasteiger partial charge in [-0.25, -0.2) is 8.78 Å². The fraction of sp³-hybridized carbons (Fsp3) is 0.571. The minimum absolute atomic E-state index is 0.294. The van der Waals surface area contributed by atoms with Gasteiger partial charge in [0.25, 0.3) is 0 Å². The van der Waals surface area contributed by atoms with Gasteiger partial charge in [-0.15, -0.1) is 0 Å². The van der Waals surface area contributed by atoms with Gasteiger partial charge in [0, 0.05) is 24.7 Å². The van der Waals surface area contributed by atoms with E-state index in [4.69, 9.17) is 5.73 Å². The lowest BCUT2D eigenvalue weighted by Crippen LogP contribution is -2.46. The zero-order valence-corrected chi connectivity index (χ0v) is 10.7. The van der Waals surface area contributed by atoms with Crippen molar-refractivity contribution in [1.29, 1.82) is 0 Å². The van der Waals surface area contributed by atoms with Gasteiger partial charge in [-0.1, -0.05) is 0 Å². The van der Waals surface area contributed by atoms with Crippen LogP contribution in [0.15, 0.2) is 18.2 Å². The zero-order valence-electron chi connectivity index (χ0n) is 10.7. The number of halogens is 2. The maximum Gasteiger partial charge on any atom is 0.126 e. The molecule has 0 spiro atoms. The molecule has 1 aliphatic heterocycles. The van der Waals surface area contributed by atoms with E-state index in [2.05, 4.69) is 11.8 Å². The summed E-state index contributed by atoms with van der Waals surface area (Å²) < 4.78 is 26.1. The zero-order chi connectivity index (χ0) is 13.1. The van der Waals surface area contributed by atoms with Crippen LogP contribution in [0.2, 0.25) is 0 Å². The normalized spacial score (nSPS) is 25.3. The molecule has 4 heteroatoms. The first-order valence-corrected chi connectivity index (χ1v) is 6.49. The van der Waals surface area contributed by atoms with Crippen molar-refractivity contribution < 1.29 is 8.78 Å². The predicted molar refractivity (Wildman–Crippen MR) is 68.3 cm³/mol. The molecule has 0 aromatic heterocycles. The number of nitrogens with two attached hydrogens (primary N) is 1. The highest BCUT2D eigenvalue weighted by Gasteiger charge is 2.22. The first-order valence-electron chi connectivity index (χ1n) is 6.49. The van der Waals surface area contributed by atoms with Crippen LogP contribution in [0.25, 0.3) is 0 Å². The van der Waals surface area contributed by atoms with Crippen LogP contribution < -0.4 is 5.73 Å². The molecule has 1 saturated heterocycles. The molecule has 0 aliphatic carbocycles. The Bertz CT molecular complexity index is 389. The Kier molecular flexibility index (Phi) is 4.30. The summed E-state index contributed by atoms with van der Waals surface area (Å²) in [5.41, 5.74) is 6.63. The van der Waals surface area contributed by atoms with E-state index in [9.17, 15) is 8.78 Å². The molecule has 2 N–H and O–H groups in total. The van der Waals surface area contributed by atoms with Gasteiger partial charge in [0.1, 0.15) is 11.6 Å². The van der Waals surface area contributed by atoms with Crippen LogP contribution >= 0.6 is 0 Å². The van der Waals surface area contributed by atoms with Crippen molar-refractivity contribution in [3.05, 3.63) is 35.4 Å². The molecule has 2 unspecified atom stereocenters. The van der Waals surface area contributed by atoms with E-state index in [0.29, 0.717) is 18.5 Å². The van der Waals surface area contributed by atoms with Gasteiger partial charge in [-0.05, 0) is 50.4 Å². The largest absolute Gasteiger partial charge is 0.328 e. The second-order valence-corrected chi connectivity index (χ2v) is 5.20. The standard InChI is InChI=1S/C14H20F2N2/c1-10-6-14(17)3-5-18(10)4-2-11-7-12(15)9-13(16)8-11/h7-10,14H,2-6,17H2,1H3. The summed E-state index contributed by atoms with van der Waals surface area (Å²) in [7, 11) is 0. The third kappa shape index (κ3) is 3.50. The lowest BCUT2D eigenvalue weighted by Gasteiger charge is -2.36. The van der Waals surface area contributed by atoms with Gasteiger partial charge in [0.2, 0.25) is 0 Å². The number of hydrogen-bond donors (Lipinski definition) is 1. The molecule has 1 aliphatic rings. The van der Waals surface area contributed by atoms with Crippen molar-refractivity contribution in [1.82, 2.24) is 4.90 Å². The minimum atomic E-state index is -0.501. The number of benzene rings is 1. The Morgan fingerprint density at radius 3 is 2.56 bits per heavy atom. The second-order valence-electron chi connectivity index (χ2n) is 5.20. The Morgan fingerprint density at radius 1 is 1.28 bits per heavy atom. The molecular weight excluding hydrogens is 234 g/mol. The molecule has 2 nitrogen and oxygen atoms in total. The van der Waals surface area contributed by atoms with E-state index in [1.807, 2.05) is 0 Å². The van der Waals surface area contributed by atoms with Crippen LogP contribution in [0.3, 0.4) is 0 Å². The summed E-state index contributed by atoms with van der Waals surface area (Å²) in [6.07, 6.45) is 2.67. The summed E-state index contributed by atoms with van der Waals surface area (Å²) in [5, 5.41) is 0. The van der Waals surface area contributed by atoms with Crippen LogP contribution in [-0.2, 0) is 6.42 Å². The fourth-order valence-corrected chi connectivity index (χ4v) is 2.62. The first kappa shape index (κ1) is 13.4. The van der Waals surface area contributed by atoms with E-state index in [-0.39, 0.29) is 0 Å². The van der Waals surface area contributed by atoms with Crippen molar-refractivity contribution >= 4 is 0 Å². The molecule has 0 saturated carbocycles. The molecule has 1 fully saturated rings. The summed E-state index contributed by atoms with van der Waals surface area (Å²) >= 11 is 0. The fourth-order valence-electron chi connectivity index (χ4n) is 2.62. The van der Waals surface area contributed by atoms with Crippen LogP contribution in [0, 0.1) is 11.6 Å². The molecule has 1 heterocycles. The first-order chi connectivity index (χ1) is 8.54. The lowest BCUT2D eigenvalue weighted by molar-refractivity contribution is 0.149. The number of likely N-dealkylation sites (tertiary alicyclic amines) is 1. The molecule has 0 radical (unpaired) electrons. The van der Waals surface area contributed by atoms with E-state index in [0.717, 1.165) is 37.6 Å². The topological polar surface area (TPSA) is 29.3 Å². The molecule has 0 amide bonds. The number of rotatable bonds is 3. The highest BCUT2D eigenvalue weighted by Crippen LogP contribution is 2.17. The minimum Gasteiger partial charge on any atom is -0.328 e. The van der Waals surface area contributed by atoms with Crippen molar-refractivity contribution in [2.24, 2.45) is 5.73 Å². The van der Waals surface area contributed by atoms with Gasteiger partial charge in [-0.2, -0.15) is 0 Å². The van der Waals surface area contributed by atoms with Gasteiger partial charge in [-0.3, -0.25) is 0 Å². The quantitative estimate of drug-likeness (QED) is 0.897. The smallest absolute Gasteiger partial charge is 0.126 e. The maximum atomic E-state index is 13.1. The average Bonchev–Trinajstić information content (AvgIpc) is 2.26. The Hall–Kier alpha value is -1.00. The van der Waals surface area contributed by atoms with Crippen LogP contribution in [0.1, 0.15) is 25.3 Å². The summed E-state index contributed by atoms with van der Waals surface area (Å²) in [6.45, 7) is 3.96. The van der Waals surface area contributed by atoms with Gasteiger partial charge >= 0.3 is 0 Å². The molecule has 1 aromatic rings. The van der Waals surface area contributed by atoms with E-state index in [1.165, 1.54) is 12.1 Å². The number of piperidine rings is 1. The van der Waals surface area contributed by atoms with Crippen LogP contribution in [-0.4, -0.2) is 30.1 Å². The average molecular weight is 254 g/mol. The van der Waals surface area contributed by atoms with Crippen molar-refractivity contribution in [2.45, 2.75) is 38.3 Å². The van der Waals surface area contributed by atoms with Gasteiger partial charge in [0.05, 0.1) is 0 Å². The number of hydrogen-bond acceptors (Lipinski definition) is 2. The van der Waals surface area contributed by atoms with Gasteiger partial charge in [0.15, 0.2) is 0 Å². The third-order valence-electron chi connectivity index (χ3n) is 3.66. The summed E-state index contributed by atoms with van der Waals surface area (Å²) in [4.78, 5) is 2.34. The Labute approximate surface area is 107 Å². The molecule has 2 atom stereocenters. The van der Waals surface area contributed by atoms with Crippen molar-refractivity contribution in [3.63, 3.8) is 0 Å². The van der Waals surface area contributed by atoms with E-state index < -0.39 is 11.6 Å². The molecule has 1 aromatic carbocycles. The van der Waals surface area contributed by atoms with Crippen LogP contribution in [0.5, 0.6) is 0 Å². The summed E-state index contributed by atoms with van der Waals surface area (Å²) in [5.74, 6) is -1.00. The second kappa shape index (κ2) is 5.76. The Morgan fingerprint density at radius 2 is 1.94 bits per heavy atom. The molecule has 2 rings (SSSR count). The monoisotopic (exact) mass is 254 g/mol. The maximum absolute atomic E-state index is 13.1. The molecule has 18 heavy (non-hydrogen) atoms. The molecule has 0 bridgehead atoms. The Balaban J connectivity index is 1.91. The lowest BCUT2D eigenvalue weighted by atomic mass is 9.98. The van der Waals surface area contributed by atoms with E-state index >= 15 is 0 Å². The SMILES string of the molecule is CC1CC(N)CCN1CCc1cc(F)cc(F)c1. The van der Waals surface area contributed by atoms with E-state index in [1.54, 1.807) is 0 Å². The van der Waals surface area contributed by atoms with Crippen molar-refractivity contribution in [3.8, 4) is 0 Å². The predicted octanol–water partition coefficient (Wildman–Crippen LogP) is 2.32.